The van der Waals surface area contributed by atoms with E-state index in [9.17, 15) is 8.78 Å². The Morgan fingerprint density at radius 2 is 2.12 bits per heavy atom. The summed E-state index contributed by atoms with van der Waals surface area (Å²) in [5.74, 6) is 2.88. The quantitative estimate of drug-likeness (QED) is 0.447. The molecule has 3 N–H and O–H groups in total. The van der Waals surface area contributed by atoms with E-state index in [1.165, 1.54) is 0 Å². The number of aromatic nitrogens is 1. The molecule has 90 valence electrons. The molecule has 0 bridgehead atoms. The molecule has 0 unspecified atom stereocenters. The summed E-state index contributed by atoms with van der Waals surface area (Å²) in [6.07, 6.45) is 2.84. The highest BCUT2D eigenvalue weighted by Gasteiger charge is 2.11. The fourth-order valence-electron chi connectivity index (χ4n) is 1.17. The van der Waals surface area contributed by atoms with Gasteiger partial charge in [0.2, 0.25) is 0 Å². The minimum atomic E-state index is -0.846. The molecule has 0 atom stereocenters. The van der Waals surface area contributed by atoms with Crippen molar-refractivity contribution < 1.29 is 13.5 Å². The fraction of sp³-hybridized carbons (Fsp3) is 0.500. The number of nitrogens with one attached hydrogen (secondary N) is 1. The molecule has 0 aliphatic heterocycles. The first kappa shape index (κ1) is 12.6. The van der Waals surface area contributed by atoms with Crippen LogP contribution >= 0.6 is 0 Å². The normalized spacial score (nSPS) is 10.2. The molecule has 0 amide bonds. The fourth-order valence-corrected chi connectivity index (χ4v) is 1.17. The highest BCUT2D eigenvalue weighted by Crippen LogP contribution is 2.20. The Labute approximate surface area is 92.8 Å². The van der Waals surface area contributed by atoms with Crippen LogP contribution in [0.1, 0.15) is 26.2 Å². The molecular formula is C10H15F2N3O. The Kier molecular flexibility index (Phi) is 4.91. The maximum absolute atomic E-state index is 13.2. The van der Waals surface area contributed by atoms with Crippen LogP contribution in [-0.2, 0) is 0 Å². The monoisotopic (exact) mass is 231 g/mol. The molecule has 0 saturated heterocycles. The van der Waals surface area contributed by atoms with Crippen LogP contribution in [0.4, 0.5) is 14.6 Å². The Morgan fingerprint density at radius 1 is 1.38 bits per heavy atom. The highest BCUT2D eigenvalue weighted by molar-refractivity contribution is 5.38. The van der Waals surface area contributed by atoms with Crippen LogP contribution in [0.3, 0.4) is 0 Å². The van der Waals surface area contributed by atoms with E-state index in [1.54, 1.807) is 0 Å². The molecule has 16 heavy (non-hydrogen) atoms. The summed E-state index contributed by atoms with van der Waals surface area (Å²) in [6.45, 7) is 2.40. The third-order valence-electron chi connectivity index (χ3n) is 2.02. The standard InChI is InChI=1S/C10H15F2N3O/c1-2-3-4-5-16-10-8(12)6-7(11)9(14-10)15-13/h6H,2-5,13H2,1H3,(H,14,15). The van der Waals surface area contributed by atoms with Crippen molar-refractivity contribution in [2.75, 3.05) is 12.0 Å². The Balaban J connectivity index is 2.64. The van der Waals surface area contributed by atoms with Gasteiger partial charge in [0.25, 0.3) is 5.88 Å². The van der Waals surface area contributed by atoms with Gasteiger partial charge in [-0.2, -0.15) is 4.98 Å². The van der Waals surface area contributed by atoms with E-state index in [2.05, 4.69) is 4.98 Å². The smallest absolute Gasteiger partial charge is 0.252 e. The van der Waals surface area contributed by atoms with Gasteiger partial charge in [-0.3, -0.25) is 0 Å². The van der Waals surface area contributed by atoms with Crippen LogP contribution in [0.15, 0.2) is 6.07 Å². The molecule has 0 aliphatic rings. The second-order valence-corrected chi connectivity index (χ2v) is 3.31. The van der Waals surface area contributed by atoms with Gasteiger partial charge in [-0.25, -0.2) is 14.6 Å². The number of hydrazine groups is 1. The topological polar surface area (TPSA) is 60.2 Å². The number of hydrogen-bond donors (Lipinski definition) is 2. The van der Waals surface area contributed by atoms with Crippen molar-refractivity contribution in [1.29, 1.82) is 0 Å². The van der Waals surface area contributed by atoms with Crippen molar-refractivity contribution in [3.05, 3.63) is 17.7 Å². The first-order valence-electron chi connectivity index (χ1n) is 5.14. The SMILES string of the molecule is CCCCCOc1nc(NN)c(F)cc1F. The number of nitrogen functional groups attached to an aromatic ring is 1. The minimum Gasteiger partial charge on any atom is -0.476 e. The van der Waals surface area contributed by atoms with Gasteiger partial charge in [-0.1, -0.05) is 19.8 Å². The first-order valence-corrected chi connectivity index (χ1v) is 5.14. The Morgan fingerprint density at radius 3 is 2.75 bits per heavy atom. The van der Waals surface area contributed by atoms with Crippen LogP contribution in [-0.4, -0.2) is 11.6 Å². The summed E-state index contributed by atoms with van der Waals surface area (Å²) in [5, 5.41) is 0. The maximum Gasteiger partial charge on any atom is 0.252 e. The number of nitrogens with two attached hydrogens (primary N) is 1. The highest BCUT2D eigenvalue weighted by atomic mass is 19.1. The largest absolute Gasteiger partial charge is 0.476 e. The molecule has 0 radical (unpaired) electrons. The molecule has 0 aromatic carbocycles. The van der Waals surface area contributed by atoms with E-state index in [1.807, 2.05) is 12.3 Å². The van der Waals surface area contributed by atoms with E-state index in [0.29, 0.717) is 12.7 Å². The zero-order valence-electron chi connectivity index (χ0n) is 9.09. The molecule has 0 saturated carbocycles. The van der Waals surface area contributed by atoms with Crippen molar-refractivity contribution in [3.8, 4) is 5.88 Å². The Bertz CT molecular complexity index is 347. The second kappa shape index (κ2) is 6.22. The molecule has 1 aromatic heterocycles. The average molecular weight is 231 g/mol. The van der Waals surface area contributed by atoms with Gasteiger partial charge < -0.3 is 10.2 Å². The molecule has 1 heterocycles. The van der Waals surface area contributed by atoms with Gasteiger partial charge in [0.05, 0.1) is 6.61 Å². The van der Waals surface area contributed by atoms with Gasteiger partial charge in [0.15, 0.2) is 17.5 Å². The van der Waals surface area contributed by atoms with E-state index in [0.717, 1.165) is 19.3 Å². The number of ether oxygens (including phenoxy) is 1. The lowest BCUT2D eigenvalue weighted by Crippen LogP contribution is -2.12. The van der Waals surface area contributed by atoms with Crippen LogP contribution in [0.2, 0.25) is 0 Å². The molecular weight excluding hydrogens is 216 g/mol. The van der Waals surface area contributed by atoms with Crippen molar-refractivity contribution in [1.82, 2.24) is 4.98 Å². The number of hydrogen-bond acceptors (Lipinski definition) is 4. The number of pyridine rings is 1. The van der Waals surface area contributed by atoms with E-state index in [-0.39, 0.29) is 11.7 Å². The lowest BCUT2D eigenvalue weighted by molar-refractivity contribution is 0.278. The van der Waals surface area contributed by atoms with Crippen molar-refractivity contribution in [3.63, 3.8) is 0 Å². The van der Waals surface area contributed by atoms with Gasteiger partial charge >= 0.3 is 0 Å². The molecule has 1 rings (SSSR count). The van der Waals surface area contributed by atoms with Gasteiger partial charge in [0.1, 0.15) is 0 Å². The number of halogens is 2. The minimum absolute atomic E-state index is 0.230. The van der Waals surface area contributed by atoms with E-state index < -0.39 is 11.6 Å². The maximum atomic E-state index is 13.2. The average Bonchev–Trinajstić information content (AvgIpc) is 2.27. The predicted molar refractivity (Wildman–Crippen MR) is 57.0 cm³/mol. The molecule has 1 aromatic rings. The van der Waals surface area contributed by atoms with Crippen LogP contribution in [0.5, 0.6) is 5.88 Å². The summed E-state index contributed by atoms with van der Waals surface area (Å²) in [6, 6.07) is 0.692. The lowest BCUT2D eigenvalue weighted by atomic mass is 10.3. The predicted octanol–water partition coefficient (Wildman–Crippen LogP) is 2.21. The van der Waals surface area contributed by atoms with E-state index >= 15 is 0 Å². The number of anilines is 1. The van der Waals surface area contributed by atoms with Gasteiger partial charge in [-0.05, 0) is 6.42 Å². The lowest BCUT2D eigenvalue weighted by Gasteiger charge is -2.08. The molecule has 0 fully saturated rings. The first-order chi connectivity index (χ1) is 7.69. The zero-order chi connectivity index (χ0) is 12.0. The third-order valence-corrected chi connectivity index (χ3v) is 2.02. The summed E-state index contributed by atoms with van der Waals surface area (Å²) in [5.41, 5.74) is 2.03. The van der Waals surface area contributed by atoms with Crippen molar-refractivity contribution >= 4 is 5.82 Å². The van der Waals surface area contributed by atoms with E-state index in [4.69, 9.17) is 10.6 Å². The number of unbranched alkanes of at least 4 members (excludes halogenated alkanes) is 2. The van der Waals surface area contributed by atoms with Gasteiger partial charge in [0, 0.05) is 6.07 Å². The van der Waals surface area contributed by atoms with Crippen molar-refractivity contribution in [2.24, 2.45) is 5.84 Å². The summed E-state index contributed by atoms with van der Waals surface area (Å²) < 4.78 is 31.2. The molecule has 6 heteroatoms. The number of nitrogens with zero attached hydrogens (tertiary/aromatic N) is 1. The summed E-state index contributed by atoms with van der Waals surface area (Å²) in [4.78, 5) is 3.58. The third kappa shape index (κ3) is 3.30. The Hall–Kier alpha value is -1.43. The van der Waals surface area contributed by atoms with Crippen LogP contribution in [0, 0.1) is 11.6 Å². The van der Waals surface area contributed by atoms with Crippen LogP contribution in [0.25, 0.3) is 0 Å². The molecule has 0 spiro atoms. The van der Waals surface area contributed by atoms with Gasteiger partial charge in [-0.15, -0.1) is 0 Å². The van der Waals surface area contributed by atoms with Crippen LogP contribution < -0.4 is 16.0 Å². The molecule has 0 aliphatic carbocycles. The summed E-state index contributed by atoms with van der Waals surface area (Å²) in [7, 11) is 0. The zero-order valence-corrected chi connectivity index (χ0v) is 9.09. The molecule has 4 nitrogen and oxygen atoms in total. The van der Waals surface area contributed by atoms with Crippen molar-refractivity contribution in [2.45, 2.75) is 26.2 Å². The summed E-state index contributed by atoms with van der Waals surface area (Å²) >= 11 is 0. The number of rotatable bonds is 6. The second-order valence-electron chi connectivity index (χ2n) is 3.31.